The number of nitrogens with zero attached hydrogens (tertiary/aromatic N) is 3. The van der Waals surface area contributed by atoms with Gasteiger partial charge in [0.2, 0.25) is 0 Å². The zero-order valence-corrected chi connectivity index (χ0v) is 12.9. The van der Waals surface area contributed by atoms with E-state index in [4.69, 9.17) is 4.98 Å². The Morgan fingerprint density at radius 3 is 2.74 bits per heavy atom. The molecule has 4 aromatic heterocycles. The molecule has 0 aliphatic carbocycles. The highest BCUT2D eigenvalue weighted by Crippen LogP contribution is 2.34. The molecule has 0 N–H and O–H groups in total. The van der Waals surface area contributed by atoms with Gasteiger partial charge in [0.25, 0.3) is 0 Å². The molecule has 0 radical (unpaired) electrons. The Balaban J connectivity index is 1.84. The van der Waals surface area contributed by atoms with E-state index in [1.807, 2.05) is 42.9 Å². The van der Waals surface area contributed by atoms with Gasteiger partial charge in [-0.15, -0.1) is 11.3 Å². The van der Waals surface area contributed by atoms with Crippen molar-refractivity contribution in [1.29, 1.82) is 0 Å². The van der Waals surface area contributed by atoms with E-state index in [2.05, 4.69) is 34.2 Å². The predicted octanol–water partition coefficient (Wildman–Crippen LogP) is 5.06. The molecule has 0 saturated heterocycles. The smallest absolute Gasteiger partial charge is 0.0964 e. The van der Waals surface area contributed by atoms with E-state index in [9.17, 15) is 0 Å². The first kappa shape index (κ1) is 12.7. The van der Waals surface area contributed by atoms with E-state index in [1.165, 1.54) is 10.1 Å². The number of benzene rings is 1. The summed E-state index contributed by atoms with van der Waals surface area (Å²) in [7, 11) is 0. The van der Waals surface area contributed by atoms with Crippen LogP contribution in [0.3, 0.4) is 0 Å². The van der Waals surface area contributed by atoms with Gasteiger partial charge in [-0.05, 0) is 29.7 Å². The van der Waals surface area contributed by atoms with Crippen molar-refractivity contribution in [2.75, 3.05) is 0 Å². The molecule has 0 atom stereocenters. The Morgan fingerprint density at radius 1 is 0.783 bits per heavy atom. The number of aromatic nitrogens is 3. The average molecular weight is 313 g/mol. The van der Waals surface area contributed by atoms with Gasteiger partial charge in [0.1, 0.15) is 0 Å². The van der Waals surface area contributed by atoms with E-state index < -0.39 is 0 Å². The summed E-state index contributed by atoms with van der Waals surface area (Å²) in [6, 6.07) is 16.5. The number of rotatable bonds is 1. The fourth-order valence-corrected chi connectivity index (χ4v) is 3.97. The van der Waals surface area contributed by atoms with Crippen molar-refractivity contribution in [3.8, 4) is 11.4 Å². The Bertz CT molecular complexity index is 1170. The third kappa shape index (κ3) is 1.92. The zero-order valence-electron chi connectivity index (χ0n) is 12.1. The lowest BCUT2D eigenvalue weighted by Gasteiger charge is -2.05. The summed E-state index contributed by atoms with van der Waals surface area (Å²) in [5, 5.41) is 3.46. The molecule has 4 heteroatoms. The highest BCUT2D eigenvalue weighted by molar-refractivity contribution is 7.25. The van der Waals surface area contributed by atoms with Crippen molar-refractivity contribution < 1.29 is 0 Å². The molecule has 0 saturated carbocycles. The second-order valence-corrected chi connectivity index (χ2v) is 6.48. The van der Waals surface area contributed by atoms with Gasteiger partial charge < -0.3 is 0 Å². The van der Waals surface area contributed by atoms with Gasteiger partial charge in [0.05, 0.1) is 26.3 Å². The molecule has 0 unspecified atom stereocenters. The topological polar surface area (TPSA) is 38.7 Å². The molecular weight excluding hydrogens is 302 g/mol. The van der Waals surface area contributed by atoms with Gasteiger partial charge in [0, 0.05) is 29.4 Å². The van der Waals surface area contributed by atoms with Crippen LogP contribution in [-0.4, -0.2) is 15.0 Å². The van der Waals surface area contributed by atoms with E-state index in [-0.39, 0.29) is 0 Å². The third-order valence-electron chi connectivity index (χ3n) is 4.03. The van der Waals surface area contributed by atoms with Crippen LogP contribution < -0.4 is 0 Å². The number of fused-ring (bicyclic) bond motifs is 4. The third-order valence-corrected chi connectivity index (χ3v) is 5.13. The molecule has 5 rings (SSSR count). The quantitative estimate of drug-likeness (QED) is 0.434. The average Bonchev–Trinajstić information content (AvgIpc) is 2.99. The van der Waals surface area contributed by atoms with Crippen molar-refractivity contribution in [1.82, 2.24) is 15.0 Å². The molecule has 108 valence electrons. The van der Waals surface area contributed by atoms with Crippen LogP contribution in [0.5, 0.6) is 0 Å². The van der Waals surface area contributed by atoms with Crippen molar-refractivity contribution in [2.45, 2.75) is 0 Å². The number of hydrogen-bond acceptors (Lipinski definition) is 4. The Kier molecular flexibility index (Phi) is 2.66. The van der Waals surface area contributed by atoms with Crippen LogP contribution in [-0.2, 0) is 0 Å². The lowest BCUT2D eigenvalue weighted by Crippen LogP contribution is -1.89. The Morgan fingerprint density at radius 2 is 1.74 bits per heavy atom. The van der Waals surface area contributed by atoms with Crippen LogP contribution in [0, 0.1) is 0 Å². The summed E-state index contributed by atoms with van der Waals surface area (Å²) in [6.07, 6.45) is 5.57. The molecule has 0 amide bonds. The van der Waals surface area contributed by atoms with E-state index in [1.54, 1.807) is 11.3 Å². The maximum atomic E-state index is 4.90. The fourth-order valence-electron chi connectivity index (χ4n) is 2.95. The molecule has 0 aliphatic rings. The summed E-state index contributed by atoms with van der Waals surface area (Å²) in [5.74, 6) is 0. The lowest BCUT2D eigenvalue weighted by atomic mass is 10.1. The highest BCUT2D eigenvalue weighted by atomic mass is 32.1. The number of hydrogen-bond donors (Lipinski definition) is 0. The fraction of sp³-hybridized carbons (Fsp3) is 0. The van der Waals surface area contributed by atoms with Gasteiger partial charge in [-0.1, -0.05) is 24.3 Å². The summed E-state index contributed by atoms with van der Waals surface area (Å²) in [6.45, 7) is 0. The molecule has 0 fully saturated rings. The Hall–Kier alpha value is -2.85. The lowest BCUT2D eigenvalue weighted by molar-refractivity contribution is 1.30. The minimum absolute atomic E-state index is 0.908. The zero-order chi connectivity index (χ0) is 15.2. The monoisotopic (exact) mass is 313 g/mol. The SMILES string of the molecule is c1ccc2c(-c3ccc4sc5cnccc5c4n3)nccc2c1. The first-order valence-electron chi connectivity index (χ1n) is 7.37. The highest BCUT2D eigenvalue weighted by Gasteiger charge is 2.11. The second-order valence-electron chi connectivity index (χ2n) is 5.40. The minimum atomic E-state index is 0.908. The normalized spacial score (nSPS) is 11.5. The van der Waals surface area contributed by atoms with Crippen LogP contribution in [0.1, 0.15) is 0 Å². The molecule has 0 spiro atoms. The van der Waals surface area contributed by atoms with Gasteiger partial charge in [-0.25, -0.2) is 4.98 Å². The molecule has 0 bridgehead atoms. The van der Waals surface area contributed by atoms with Crippen molar-refractivity contribution in [2.24, 2.45) is 0 Å². The van der Waals surface area contributed by atoms with Gasteiger partial charge in [-0.3, -0.25) is 9.97 Å². The van der Waals surface area contributed by atoms with E-state index in [0.717, 1.165) is 32.4 Å². The summed E-state index contributed by atoms with van der Waals surface area (Å²) >= 11 is 1.72. The maximum absolute atomic E-state index is 4.90. The standard InChI is InChI=1S/C19H11N3S/c1-2-4-13-12(3-1)7-10-21-18(13)15-5-6-16-19(22-15)14-8-9-20-11-17(14)23-16/h1-11H. The van der Waals surface area contributed by atoms with Crippen molar-refractivity contribution in [3.05, 3.63) is 67.1 Å². The molecule has 0 aliphatic heterocycles. The summed E-state index contributed by atoms with van der Waals surface area (Å²) in [4.78, 5) is 13.7. The molecular formula is C19H11N3S. The second kappa shape index (κ2) is 4.83. The summed E-state index contributed by atoms with van der Waals surface area (Å²) in [5.41, 5.74) is 2.86. The maximum Gasteiger partial charge on any atom is 0.0964 e. The number of thiophene rings is 1. The van der Waals surface area contributed by atoms with Gasteiger partial charge in [-0.2, -0.15) is 0 Å². The Labute approximate surface area is 136 Å². The minimum Gasteiger partial charge on any atom is -0.263 e. The predicted molar refractivity (Wildman–Crippen MR) is 95.7 cm³/mol. The van der Waals surface area contributed by atoms with Crippen molar-refractivity contribution >= 4 is 42.4 Å². The van der Waals surface area contributed by atoms with Crippen LogP contribution in [0.2, 0.25) is 0 Å². The number of pyridine rings is 3. The van der Waals surface area contributed by atoms with Gasteiger partial charge in [0.15, 0.2) is 0 Å². The summed E-state index contributed by atoms with van der Waals surface area (Å²) < 4.78 is 2.34. The molecule has 1 aromatic carbocycles. The van der Waals surface area contributed by atoms with Crippen LogP contribution in [0.25, 0.3) is 42.5 Å². The van der Waals surface area contributed by atoms with Crippen LogP contribution in [0.4, 0.5) is 0 Å². The first-order chi connectivity index (χ1) is 11.4. The molecule has 5 aromatic rings. The first-order valence-corrected chi connectivity index (χ1v) is 8.19. The van der Waals surface area contributed by atoms with E-state index >= 15 is 0 Å². The van der Waals surface area contributed by atoms with Gasteiger partial charge >= 0.3 is 0 Å². The molecule has 23 heavy (non-hydrogen) atoms. The molecule has 4 heterocycles. The van der Waals surface area contributed by atoms with E-state index in [0.29, 0.717) is 0 Å². The van der Waals surface area contributed by atoms with Crippen molar-refractivity contribution in [3.63, 3.8) is 0 Å². The largest absolute Gasteiger partial charge is 0.263 e. The molecule has 3 nitrogen and oxygen atoms in total. The van der Waals surface area contributed by atoms with Crippen LogP contribution in [0.15, 0.2) is 67.1 Å². The van der Waals surface area contributed by atoms with Crippen LogP contribution >= 0.6 is 11.3 Å².